The minimum absolute atomic E-state index is 0.0334. The van der Waals surface area contributed by atoms with Crippen LogP contribution >= 0.6 is 0 Å². The lowest BCUT2D eigenvalue weighted by atomic mass is 10.0. The lowest BCUT2D eigenvalue weighted by Gasteiger charge is -2.37. The second kappa shape index (κ2) is 17.3. The smallest absolute Gasteiger partial charge is 0.350 e. The molecule has 6 aromatic rings. The number of aromatic amines is 1. The molecule has 58 heavy (non-hydrogen) atoms. The summed E-state index contributed by atoms with van der Waals surface area (Å²) in [4.78, 5) is 36.7. The number of rotatable bonds is 11. The quantitative estimate of drug-likeness (QED) is 0.193. The van der Waals surface area contributed by atoms with E-state index in [0.717, 1.165) is 61.9 Å². The summed E-state index contributed by atoms with van der Waals surface area (Å²) in [5.41, 5.74) is 7.26. The van der Waals surface area contributed by atoms with E-state index < -0.39 is 35.0 Å². The molecule has 0 amide bonds. The van der Waals surface area contributed by atoms with Gasteiger partial charge in [0.05, 0.1) is 24.5 Å². The predicted molar refractivity (Wildman–Crippen MR) is 207 cm³/mol. The van der Waals surface area contributed by atoms with E-state index in [-0.39, 0.29) is 42.9 Å². The Labute approximate surface area is 330 Å². The molecule has 3 N–H and O–H groups in total. The number of anilines is 3. The number of benzene rings is 3. The van der Waals surface area contributed by atoms with Crippen molar-refractivity contribution in [1.29, 1.82) is 0 Å². The molecule has 16 nitrogen and oxygen atoms in total. The Kier molecular flexibility index (Phi) is 11.9. The Bertz CT molecular complexity index is 2400. The van der Waals surface area contributed by atoms with Gasteiger partial charge in [0.25, 0.3) is 0 Å². The fourth-order valence-electron chi connectivity index (χ4n) is 6.63. The van der Waals surface area contributed by atoms with Gasteiger partial charge in [0.1, 0.15) is 61.4 Å². The molecule has 0 saturated carbocycles. The number of hydrogen-bond donors (Lipinski definition) is 2. The molecule has 0 radical (unpaired) electrons. The largest absolute Gasteiger partial charge is 0.491 e. The van der Waals surface area contributed by atoms with Gasteiger partial charge in [-0.1, -0.05) is 6.92 Å². The molecule has 2 aliphatic rings. The molecule has 3 aromatic carbocycles. The SMILES string of the molecule is CCC(C)n1ncn(-c2ccc(N3CCN(c4ccc(OC[C@H]5CO[C@](Cn6cncn6)(c6ccc(F)cc6F)O5)cc4)CC3)cc2)c1=O.Nc1[nH]c(=O)ncc1F. The maximum absolute atomic E-state index is 14.9. The first kappa shape index (κ1) is 39.8. The number of hydrogen-bond acceptors (Lipinski definition) is 12. The van der Waals surface area contributed by atoms with E-state index in [1.54, 1.807) is 10.9 Å². The predicted octanol–water partition coefficient (Wildman–Crippen LogP) is 4.04. The van der Waals surface area contributed by atoms with Crippen molar-refractivity contribution in [2.45, 2.75) is 44.7 Å². The molecule has 3 atom stereocenters. The summed E-state index contributed by atoms with van der Waals surface area (Å²) in [7, 11) is 0. The van der Waals surface area contributed by atoms with Crippen LogP contribution in [0, 0.1) is 17.5 Å². The van der Waals surface area contributed by atoms with E-state index in [1.165, 1.54) is 34.2 Å². The molecule has 0 spiro atoms. The molecule has 304 valence electrons. The average Bonchev–Trinajstić information content (AvgIpc) is 4.00. The van der Waals surface area contributed by atoms with E-state index in [0.29, 0.717) is 5.75 Å². The van der Waals surface area contributed by atoms with Crippen LogP contribution in [0.5, 0.6) is 5.75 Å². The molecule has 1 unspecified atom stereocenters. The van der Waals surface area contributed by atoms with Crippen LogP contribution in [0.2, 0.25) is 0 Å². The van der Waals surface area contributed by atoms with Gasteiger partial charge in [0, 0.05) is 49.2 Å². The van der Waals surface area contributed by atoms with E-state index in [9.17, 15) is 22.8 Å². The van der Waals surface area contributed by atoms with Crippen LogP contribution in [-0.2, 0) is 21.8 Å². The van der Waals surface area contributed by atoms with E-state index in [1.807, 2.05) is 55.2 Å². The third kappa shape index (κ3) is 8.89. The van der Waals surface area contributed by atoms with E-state index >= 15 is 0 Å². The summed E-state index contributed by atoms with van der Waals surface area (Å²) < 4.78 is 63.6. The summed E-state index contributed by atoms with van der Waals surface area (Å²) in [6, 6.07) is 19.3. The van der Waals surface area contributed by atoms with Crippen LogP contribution in [-0.4, -0.2) is 84.6 Å². The van der Waals surface area contributed by atoms with Gasteiger partial charge in [-0.2, -0.15) is 15.2 Å². The van der Waals surface area contributed by atoms with Gasteiger partial charge in [0.15, 0.2) is 5.82 Å². The topological polar surface area (TPSA) is 176 Å². The summed E-state index contributed by atoms with van der Waals surface area (Å²) in [5.74, 6) is -3.29. The molecule has 2 fully saturated rings. The first-order chi connectivity index (χ1) is 28.0. The Morgan fingerprint density at radius 3 is 2.19 bits per heavy atom. The van der Waals surface area contributed by atoms with Gasteiger partial charge in [-0.15, -0.1) is 0 Å². The number of nitrogens with one attached hydrogen (secondary N) is 1. The Morgan fingerprint density at radius 1 is 0.914 bits per heavy atom. The van der Waals surface area contributed by atoms with Crippen LogP contribution in [0.25, 0.3) is 5.69 Å². The fraction of sp³-hybridized carbons (Fsp3) is 0.333. The van der Waals surface area contributed by atoms with Crippen molar-refractivity contribution in [3.63, 3.8) is 0 Å². The number of H-pyrrole nitrogens is 1. The zero-order chi connectivity index (χ0) is 40.8. The highest BCUT2D eigenvalue weighted by atomic mass is 19.1. The Balaban J connectivity index is 0.000000504. The van der Waals surface area contributed by atoms with Crippen molar-refractivity contribution in [3.8, 4) is 11.4 Å². The zero-order valence-electron chi connectivity index (χ0n) is 31.7. The highest BCUT2D eigenvalue weighted by Crippen LogP contribution is 2.38. The van der Waals surface area contributed by atoms with Crippen molar-refractivity contribution >= 4 is 17.2 Å². The second-order valence-electron chi connectivity index (χ2n) is 13.8. The van der Waals surface area contributed by atoms with Gasteiger partial charge >= 0.3 is 11.4 Å². The van der Waals surface area contributed by atoms with Crippen molar-refractivity contribution < 1.29 is 27.4 Å². The molecule has 19 heteroatoms. The summed E-state index contributed by atoms with van der Waals surface area (Å²) >= 11 is 0. The lowest BCUT2D eigenvalue weighted by Crippen LogP contribution is -2.46. The minimum Gasteiger partial charge on any atom is -0.491 e. The number of nitrogens with zero attached hydrogens (tertiary/aromatic N) is 9. The number of nitrogens with two attached hydrogens (primary N) is 1. The van der Waals surface area contributed by atoms with Crippen molar-refractivity contribution in [3.05, 3.63) is 136 Å². The zero-order valence-corrected chi connectivity index (χ0v) is 31.7. The highest BCUT2D eigenvalue weighted by Gasteiger charge is 2.46. The minimum atomic E-state index is -1.51. The van der Waals surface area contributed by atoms with E-state index in [2.05, 4.69) is 42.1 Å². The number of ether oxygens (including phenoxy) is 3. The number of halogens is 3. The summed E-state index contributed by atoms with van der Waals surface area (Å²) in [5, 5.41) is 8.39. The third-order valence-corrected chi connectivity index (χ3v) is 9.94. The molecular formula is C39H42F3N11O5. The monoisotopic (exact) mass is 801 g/mol. The number of aromatic nitrogens is 8. The number of piperazine rings is 1. The maximum Gasteiger partial charge on any atom is 0.350 e. The van der Waals surface area contributed by atoms with Crippen molar-refractivity contribution in [2.75, 3.05) is 54.9 Å². The Morgan fingerprint density at radius 2 is 1.59 bits per heavy atom. The van der Waals surface area contributed by atoms with Crippen LogP contribution in [0.15, 0.2) is 101 Å². The lowest BCUT2D eigenvalue weighted by molar-refractivity contribution is -0.192. The molecule has 5 heterocycles. The maximum atomic E-state index is 14.9. The van der Waals surface area contributed by atoms with Crippen LogP contribution in [0.1, 0.15) is 31.9 Å². The van der Waals surface area contributed by atoms with E-state index in [4.69, 9.17) is 19.9 Å². The normalized spacial score (nSPS) is 18.5. The van der Waals surface area contributed by atoms with Gasteiger partial charge in [0.2, 0.25) is 5.79 Å². The Hall–Kier alpha value is -6.47. The van der Waals surface area contributed by atoms with Gasteiger partial charge in [-0.05, 0) is 74.0 Å². The standard InChI is InChI=1S/C35H38F2N8O4.C4H4FN3O/c1-3-25(2)45-34(46)44(24-40-45)29-7-5-27(6-8-29)41-14-16-42(17-15-41)28-9-11-30(12-10-28)47-19-31-20-48-35(49-31,21-43-23-38-22-39-43)32-13-4-26(36)18-33(32)37;5-2-1-7-4(9)8-3(2)6/h4-13,18,22-25,31H,3,14-17,19-21H2,1-2H3;1H,(H3,6,7,8,9)/t25?,31-,35-;/m0./s1. The molecular weight excluding hydrogens is 759 g/mol. The van der Waals surface area contributed by atoms with Crippen LogP contribution in [0.4, 0.5) is 30.4 Å². The molecule has 8 rings (SSSR count). The first-order valence-electron chi connectivity index (χ1n) is 18.6. The van der Waals surface area contributed by atoms with Crippen molar-refractivity contribution in [2.24, 2.45) is 0 Å². The molecule has 3 aromatic heterocycles. The molecule has 2 aliphatic heterocycles. The first-order valence-corrected chi connectivity index (χ1v) is 18.6. The van der Waals surface area contributed by atoms with Gasteiger partial charge in [-0.3, -0.25) is 4.98 Å². The average molecular weight is 802 g/mol. The van der Waals surface area contributed by atoms with Gasteiger partial charge < -0.3 is 29.7 Å². The third-order valence-electron chi connectivity index (χ3n) is 9.94. The molecule has 0 aliphatic carbocycles. The van der Waals surface area contributed by atoms with Crippen molar-refractivity contribution in [1.82, 2.24) is 39.1 Å². The van der Waals surface area contributed by atoms with Crippen LogP contribution in [0.3, 0.4) is 0 Å². The second-order valence-corrected chi connectivity index (χ2v) is 13.8. The highest BCUT2D eigenvalue weighted by molar-refractivity contribution is 5.54. The summed E-state index contributed by atoms with van der Waals surface area (Å²) in [6.07, 6.45) is 5.54. The fourth-order valence-corrected chi connectivity index (χ4v) is 6.63. The summed E-state index contributed by atoms with van der Waals surface area (Å²) in [6.45, 7) is 7.80. The molecule has 0 bridgehead atoms. The number of nitrogen functional groups attached to an aromatic ring is 1. The molecule has 2 saturated heterocycles. The van der Waals surface area contributed by atoms with Gasteiger partial charge in [-0.25, -0.2) is 41.7 Å². The van der Waals surface area contributed by atoms with Crippen LogP contribution < -0.4 is 31.6 Å².